The number of nitrogens with zero attached hydrogens (tertiary/aromatic N) is 2. The molecule has 2 fully saturated rings. The van der Waals surface area contributed by atoms with Gasteiger partial charge in [0.15, 0.2) is 5.82 Å². The van der Waals surface area contributed by atoms with E-state index in [4.69, 9.17) is 5.11 Å². The highest BCUT2D eigenvalue weighted by atomic mass is 16.4. The Hall–Kier alpha value is -1.85. The van der Waals surface area contributed by atoms with E-state index >= 15 is 0 Å². The summed E-state index contributed by atoms with van der Waals surface area (Å²) < 4.78 is 1.17. The summed E-state index contributed by atoms with van der Waals surface area (Å²) in [5.74, 6) is 0.0956. The second-order valence-electron chi connectivity index (χ2n) is 6.46. The van der Waals surface area contributed by atoms with Gasteiger partial charge in [0.2, 0.25) is 0 Å². The molecule has 3 rings (SSSR count). The second-order valence-corrected chi connectivity index (χ2v) is 6.46. The van der Waals surface area contributed by atoms with Crippen LogP contribution in [0.3, 0.4) is 0 Å². The van der Waals surface area contributed by atoms with Gasteiger partial charge in [-0.1, -0.05) is 19.3 Å². The smallest absolute Gasteiger partial charge is 0.323 e. The largest absolute Gasteiger partial charge is 0.480 e. The van der Waals surface area contributed by atoms with Crippen molar-refractivity contribution in [1.82, 2.24) is 9.55 Å². The summed E-state index contributed by atoms with van der Waals surface area (Å²) in [6.45, 7) is 0.437. The average molecular weight is 291 g/mol. The molecule has 0 aromatic carbocycles. The van der Waals surface area contributed by atoms with Crippen molar-refractivity contribution in [2.24, 2.45) is 11.3 Å². The van der Waals surface area contributed by atoms with Crippen molar-refractivity contribution in [2.45, 2.75) is 45.1 Å². The van der Waals surface area contributed by atoms with Gasteiger partial charge in [-0.05, 0) is 30.6 Å². The Morgan fingerprint density at radius 2 is 2.24 bits per heavy atom. The van der Waals surface area contributed by atoms with Gasteiger partial charge >= 0.3 is 5.97 Å². The van der Waals surface area contributed by atoms with Crippen molar-refractivity contribution in [3.63, 3.8) is 0 Å². The number of hydrogen-bond acceptors (Lipinski definition) is 4. The number of anilines is 1. The van der Waals surface area contributed by atoms with Crippen LogP contribution >= 0.6 is 0 Å². The Labute approximate surface area is 123 Å². The maximum atomic E-state index is 12.1. The second kappa shape index (κ2) is 5.50. The summed E-state index contributed by atoms with van der Waals surface area (Å²) in [5.41, 5.74) is -0.0218. The molecule has 0 amide bonds. The van der Waals surface area contributed by atoms with Crippen LogP contribution in [0, 0.1) is 11.3 Å². The summed E-state index contributed by atoms with van der Waals surface area (Å²) in [4.78, 5) is 26.9. The number of rotatable bonds is 7. The van der Waals surface area contributed by atoms with E-state index in [2.05, 4.69) is 10.3 Å². The summed E-state index contributed by atoms with van der Waals surface area (Å²) in [6.07, 6.45) is 10.6. The number of nitrogens with one attached hydrogen (secondary N) is 1. The third-order valence-corrected chi connectivity index (χ3v) is 4.75. The fourth-order valence-electron chi connectivity index (χ4n) is 3.05. The average Bonchev–Trinajstić information content (AvgIpc) is 3.15. The highest BCUT2D eigenvalue weighted by Crippen LogP contribution is 2.53. The van der Waals surface area contributed by atoms with E-state index in [9.17, 15) is 9.59 Å². The summed E-state index contributed by atoms with van der Waals surface area (Å²) in [6, 6.07) is 0. The third kappa shape index (κ3) is 3.25. The van der Waals surface area contributed by atoms with Crippen LogP contribution in [-0.2, 0) is 11.3 Å². The van der Waals surface area contributed by atoms with E-state index < -0.39 is 5.97 Å². The van der Waals surface area contributed by atoms with Crippen LogP contribution < -0.4 is 10.9 Å². The zero-order chi connectivity index (χ0) is 14.9. The highest BCUT2D eigenvalue weighted by molar-refractivity contribution is 5.66. The Kier molecular flexibility index (Phi) is 3.69. The number of aromatic nitrogens is 2. The Morgan fingerprint density at radius 3 is 2.81 bits per heavy atom. The molecule has 2 saturated carbocycles. The fourth-order valence-corrected chi connectivity index (χ4v) is 3.05. The monoisotopic (exact) mass is 291 g/mol. The van der Waals surface area contributed by atoms with Gasteiger partial charge in [-0.2, -0.15) is 0 Å². The third-order valence-electron chi connectivity index (χ3n) is 4.75. The van der Waals surface area contributed by atoms with E-state index in [0.717, 1.165) is 12.5 Å². The van der Waals surface area contributed by atoms with Crippen molar-refractivity contribution in [3.8, 4) is 0 Å². The molecule has 1 aromatic rings. The molecule has 2 N–H and O–H groups in total. The topological polar surface area (TPSA) is 84.2 Å². The van der Waals surface area contributed by atoms with E-state index in [1.165, 1.54) is 55.5 Å². The van der Waals surface area contributed by atoms with E-state index in [1.807, 2.05) is 0 Å². The zero-order valence-corrected chi connectivity index (χ0v) is 12.0. The molecule has 0 unspecified atom stereocenters. The predicted octanol–water partition coefficient (Wildman–Crippen LogP) is 1.71. The molecule has 114 valence electrons. The number of carboxylic acid groups (broad SMARTS) is 1. The van der Waals surface area contributed by atoms with Gasteiger partial charge < -0.3 is 10.4 Å². The molecule has 6 heteroatoms. The molecule has 1 heterocycles. The molecule has 0 aliphatic heterocycles. The Morgan fingerprint density at radius 1 is 1.48 bits per heavy atom. The Balaban J connectivity index is 1.62. The first-order valence-electron chi connectivity index (χ1n) is 7.59. The molecule has 2 aliphatic carbocycles. The van der Waals surface area contributed by atoms with Crippen LogP contribution in [0.25, 0.3) is 0 Å². The lowest BCUT2D eigenvalue weighted by atomic mass is 9.78. The molecule has 0 saturated heterocycles. The van der Waals surface area contributed by atoms with Gasteiger partial charge in [-0.15, -0.1) is 0 Å². The maximum absolute atomic E-state index is 12.1. The van der Waals surface area contributed by atoms with Crippen LogP contribution in [-0.4, -0.2) is 27.2 Å². The van der Waals surface area contributed by atoms with Gasteiger partial charge in [0.1, 0.15) is 6.54 Å². The maximum Gasteiger partial charge on any atom is 0.323 e. The molecule has 0 bridgehead atoms. The lowest BCUT2D eigenvalue weighted by Crippen LogP contribution is -2.29. The summed E-state index contributed by atoms with van der Waals surface area (Å²) in [5, 5.41) is 11.9. The van der Waals surface area contributed by atoms with Crippen molar-refractivity contribution < 1.29 is 9.90 Å². The SMILES string of the molecule is O=C(O)Cn1ccnc(NCC2(CC3CCC3)CC2)c1=O. The highest BCUT2D eigenvalue weighted by Gasteiger charge is 2.44. The number of carboxylic acids is 1. The summed E-state index contributed by atoms with van der Waals surface area (Å²) >= 11 is 0. The first-order valence-corrected chi connectivity index (χ1v) is 7.59. The molecule has 0 spiro atoms. The van der Waals surface area contributed by atoms with Gasteiger partial charge in [0.25, 0.3) is 5.56 Å². The van der Waals surface area contributed by atoms with Gasteiger partial charge in [-0.3, -0.25) is 14.2 Å². The van der Waals surface area contributed by atoms with E-state index in [-0.39, 0.29) is 17.9 Å². The minimum atomic E-state index is -1.03. The van der Waals surface area contributed by atoms with Crippen LogP contribution in [0.1, 0.15) is 38.5 Å². The van der Waals surface area contributed by atoms with Gasteiger partial charge in [-0.25, -0.2) is 4.98 Å². The normalized spacial score (nSPS) is 19.8. The van der Waals surface area contributed by atoms with Crippen LogP contribution in [0.2, 0.25) is 0 Å². The molecule has 0 radical (unpaired) electrons. The van der Waals surface area contributed by atoms with Crippen molar-refractivity contribution >= 4 is 11.8 Å². The molecule has 2 aliphatic rings. The van der Waals surface area contributed by atoms with Crippen molar-refractivity contribution in [2.75, 3.05) is 11.9 Å². The zero-order valence-electron chi connectivity index (χ0n) is 12.0. The molecule has 21 heavy (non-hydrogen) atoms. The van der Waals surface area contributed by atoms with Crippen molar-refractivity contribution in [1.29, 1.82) is 0 Å². The van der Waals surface area contributed by atoms with E-state index in [0.29, 0.717) is 5.41 Å². The fraction of sp³-hybridized carbons (Fsp3) is 0.667. The minimum Gasteiger partial charge on any atom is -0.480 e. The van der Waals surface area contributed by atoms with Crippen LogP contribution in [0.4, 0.5) is 5.82 Å². The standard InChI is InChI=1S/C15H21N3O3/c19-12(20)9-18-7-6-16-13(14(18)21)17-10-15(4-5-15)8-11-2-1-3-11/h6-7,11H,1-5,8-10H2,(H,16,17)(H,19,20). The van der Waals surface area contributed by atoms with E-state index in [1.54, 1.807) is 0 Å². The molecule has 0 atom stereocenters. The number of aliphatic carboxylic acids is 1. The van der Waals surface area contributed by atoms with Crippen LogP contribution in [0.5, 0.6) is 0 Å². The summed E-state index contributed by atoms with van der Waals surface area (Å²) in [7, 11) is 0. The van der Waals surface area contributed by atoms with Crippen LogP contribution in [0.15, 0.2) is 17.2 Å². The molecular weight excluding hydrogens is 270 g/mol. The number of carbonyl (C=O) groups is 1. The van der Waals surface area contributed by atoms with Crippen molar-refractivity contribution in [3.05, 3.63) is 22.7 Å². The lowest BCUT2D eigenvalue weighted by molar-refractivity contribution is -0.137. The minimum absolute atomic E-state index is 0.263. The first-order chi connectivity index (χ1) is 10.1. The quantitative estimate of drug-likeness (QED) is 0.799. The molecule has 6 nitrogen and oxygen atoms in total. The number of hydrogen-bond donors (Lipinski definition) is 2. The van der Waals surface area contributed by atoms with Gasteiger partial charge in [0, 0.05) is 18.9 Å². The molecular formula is C15H21N3O3. The first kappa shape index (κ1) is 14.1. The molecule has 1 aromatic heterocycles. The predicted molar refractivity (Wildman–Crippen MR) is 78.2 cm³/mol. The Bertz CT molecular complexity index is 588. The lowest BCUT2D eigenvalue weighted by Gasteiger charge is -2.29. The van der Waals surface area contributed by atoms with Gasteiger partial charge in [0.05, 0.1) is 0 Å².